The van der Waals surface area contributed by atoms with E-state index in [1.807, 2.05) is 66.4 Å². The summed E-state index contributed by atoms with van der Waals surface area (Å²) in [6, 6.07) is 17.1. The molecule has 0 aromatic heterocycles. The summed E-state index contributed by atoms with van der Waals surface area (Å²) in [4.78, 5) is 31.7. The van der Waals surface area contributed by atoms with Crippen molar-refractivity contribution in [2.45, 2.75) is 13.0 Å². The Morgan fingerprint density at radius 1 is 0.871 bits per heavy atom. The first kappa shape index (κ1) is 21.3. The van der Waals surface area contributed by atoms with Gasteiger partial charge in [-0.2, -0.15) is 0 Å². The monoisotopic (exact) mass is 422 g/mol. The minimum absolute atomic E-state index is 0.0260. The predicted molar refractivity (Wildman–Crippen MR) is 121 cm³/mol. The number of carbonyl (C=O) groups excluding carboxylic acids is 2. The molecular formula is C24H30N4O3. The lowest BCUT2D eigenvalue weighted by atomic mass is 10.1. The topological polar surface area (TPSA) is 65.1 Å². The average molecular weight is 423 g/mol. The number of ether oxygens (including phenoxy) is 1. The summed E-state index contributed by atoms with van der Waals surface area (Å²) >= 11 is 0. The van der Waals surface area contributed by atoms with Gasteiger partial charge < -0.3 is 19.9 Å². The van der Waals surface area contributed by atoms with Crippen molar-refractivity contribution in [1.29, 1.82) is 0 Å². The van der Waals surface area contributed by atoms with Gasteiger partial charge in [0, 0.05) is 56.2 Å². The number of benzene rings is 2. The molecule has 0 radical (unpaired) electrons. The van der Waals surface area contributed by atoms with E-state index in [1.165, 1.54) is 0 Å². The van der Waals surface area contributed by atoms with E-state index in [1.54, 1.807) is 0 Å². The molecule has 7 heteroatoms. The Morgan fingerprint density at radius 2 is 1.52 bits per heavy atom. The van der Waals surface area contributed by atoms with Crippen LogP contribution >= 0.6 is 0 Å². The van der Waals surface area contributed by atoms with Crippen LogP contribution < -0.4 is 10.2 Å². The number of nitrogens with zero attached hydrogens (tertiary/aromatic N) is 3. The summed E-state index contributed by atoms with van der Waals surface area (Å²) in [7, 11) is 0. The number of rotatable bonds is 5. The molecule has 2 amide bonds. The molecule has 2 aliphatic heterocycles. The van der Waals surface area contributed by atoms with Gasteiger partial charge in [-0.25, -0.2) is 0 Å². The zero-order valence-corrected chi connectivity index (χ0v) is 18.0. The van der Waals surface area contributed by atoms with Crippen molar-refractivity contribution in [2.24, 2.45) is 0 Å². The molecule has 164 valence electrons. The molecule has 2 saturated heterocycles. The summed E-state index contributed by atoms with van der Waals surface area (Å²) in [5.74, 6) is 0.0275. The van der Waals surface area contributed by atoms with Crippen LogP contribution in [0.2, 0.25) is 0 Å². The van der Waals surface area contributed by atoms with E-state index < -0.39 is 0 Å². The predicted octanol–water partition coefficient (Wildman–Crippen LogP) is 2.31. The Morgan fingerprint density at radius 3 is 2.16 bits per heavy atom. The molecule has 2 heterocycles. The molecule has 1 N–H and O–H groups in total. The quantitative estimate of drug-likeness (QED) is 0.801. The van der Waals surface area contributed by atoms with E-state index in [9.17, 15) is 9.59 Å². The Labute approximate surface area is 183 Å². The number of anilines is 2. The highest BCUT2D eigenvalue weighted by Crippen LogP contribution is 2.20. The van der Waals surface area contributed by atoms with Crippen LogP contribution in [0.4, 0.5) is 11.4 Å². The molecular weight excluding hydrogens is 392 g/mol. The minimum Gasteiger partial charge on any atom is -0.378 e. The zero-order chi connectivity index (χ0) is 21.6. The summed E-state index contributed by atoms with van der Waals surface area (Å²) in [6.07, 6.45) is 0. The maximum absolute atomic E-state index is 12.8. The lowest BCUT2D eigenvalue weighted by Crippen LogP contribution is -2.54. The molecule has 4 rings (SSSR count). The molecule has 1 atom stereocenters. The lowest BCUT2D eigenvalue weighted by Gasteiger charge is -2.37. The van der Waals surface area contributed by atoms with E-state index in [0.29, 0.717) is 31.7 Å². The Balaban J connectivity index is 1.27. The van der Waals surface area contributed by atoms with E-state index in [2.05, 4.69) is 15.1 Å². The van der Waals surface area contributed by atoms with Gasteiger partial charge in [-0.05, 0) is 43.3 Å². The second-order valence-electron chi connectivity index (χ2n) is 8.01. The number of amides is 2. The summed E-state index contributed by atoms with van der Waals surface area (Å²) < 4.78 is 5.40. The highest BCUT2D eigenvalue weighted by atomic mass is 16.5. The third kappa shape index (κ3) is 5.24. The maximum Gasteiger partial charge on any atom is 0.253 e. The van der Waals surface area contributed by atoms with Crippen LogP contribution in [-0.2, 0) is 9.53 Å². The van der Waals surface area contributed by atoms with Crippen LogP contribution in [-0.4, -0.2) is 80.1 Å². The van der Waals surface area contributed by atoms with Gasteiger partial charge in [0.2, 0.25) is 5.91 Å². The van der Waals surface area contributed by atoms with Crippen LogP contribution in [0.5, 0.6) is 0 Å². The third-order valence-corrected chi connectivity index (χ3v) is 6.06. The molecule has 0 saturated carbocycles. The van der Waals surface area contributed by atoms with Crippen LogP contribution in [0, 0.1) is 0 Å². The number of piperazine rings is 1. The van der Waals surface area contributed by atoms with Crippen molar-refractivity contribution in [3.63, 3.8) is 0 Å². The molecule has 0 unspecified atom stereocenters. The number of hydrogen-bond donors (Lipinski definition) is 1. The second-order valence-corrected chi connectivity index (χ2v) is 8.01. The fourth-order valence-corrected chi connectivity index (χ4v) is 4.07. The number of carbonyl (C=O) groups is 2. The van der Waals surface area contributed by atoms with Gasteiger partial charge in [-0.3, -0.25) is 14.5 Å². The average Bonchev–Trinajstić information content (AvgIpc) is 2.85. The van der Waals surface area contributed by atoms with Crippen molar-refractivity contribution < 1.29 is 14.3 Å². The lowest BCUT2D eigenvalue weighted by molar-refractivity contribution is -0.121. The standard InChI is InChI=1S/C24H30N4O3/c1-19(26-11-13-28(14-12-26)24(30)20-5-3-2-4-6-20)23(29)25-21-7-9-22(10-8-21)27-15-17-31-18-16-27/h2-10,19H,11-18H2,1H3,(H,25,29)/t19-/m1/s1. The Bertz CT molecular complexity index is 873. The molecule has 31 heavy (non-hydrogen) atoms. The van der Waals surface area contributed by atoms with E-state index in [0.717, 1.165) is 37.7 Å². The number of hydrogen-bond acceptors (Lipinski definition) is 5. The van der Waals surface area contributed by atoms with Crippen molar-refractivity contribution >= 4 is 23.2 Å². The maximum atomic E-state index is 12.8. The Kier molecular flexibility index (Phi) is 6.84. The van der Waals surface area contributed by atoms with Crippen molar-refractivity contribution in [2.75, 3.05) is 62.7 Å². The number of morpholine rings is 1. The summed E-state index contributed by atoms with van der Waals surface area (Å²) in [6.45, 7) is 7.82. The normalized spacial score (nSPS) is 18.5. The highest BCUT2D eigenvalue weighted by Gasteiger charge is 2.28. The smallest absolute Gasteiger partial charge is 0.253 e. The molecule has 2 aromatic carbocycles. The molecule has 2 fully saturated rings. The largest absolute Gasteiger partial charge is 0.378 e. The molecule has 0 bridgehead atoms. The van der Waals surface area contributed by atoms with Crippen LogP contribution in [0.25, 0.3) is 0 Å². The second kappa shape index (κ2) is 9.94. The van der Waals surface area contributed by atoms with Crippen LogP contribution in [0.15, 0.2) is 54.6 Å². The molecule has 2 aromatic rings. The highest BCUT2D eigenvalue weighted by molar-refractivity contribution is 5.95. The van der Waals surface area contributed by atoms with Gasteiger partial charge in [0.15, 0.2) is 0 Å². The third-order valence-electron chi connectivity index (χ3n) is 6.06. The van der Waals surface area contributed by atoms with Crippen molar-refractivity contribution in [1.82, 2.24) is 9.80 Å². The van der Waals surface area contributed by atoms with Crippen LogP contribution in [0.3, 0.4) is 0 Å². The van der Waals surface area contributed by atoms with Gasteiger partial charge in [-0.15, -0.1) is 0 Å². The fraction of sp³-hybridized carbons (Fsp3) is 0.417. The first-order valence-electron chi connectivity index (χ1n) is 10.9. The van der Waals surface area contributed by atoms with E-state index >= 15 is 0 Å². The fourth-order valence-electron chi connectivity index (χ4n) is 4.07. The van der Waals surface area contributed by atoms with Gasteiger partial charge in [0.1, 0.15) is 0 Å². The Hall–Kier alpha value is -2.90. The van der Waals surface area contributed by atoms with Gasteiger partial charge in [0.25, 0.3) is 5.91 Å². The van der Waals surface area contributed by atoms with Gasteiger partial charge in [-0.1, -0.05) is 18.2 Å². The van der Waals surface area contributed by atoms with E-state index in [4.69, 9.17) is 4.74 Å². The van der Waals surface area contributed by atoms with Gasteiger partial charge >= 0.3 is 0 Å². The first-order valence-corrected chi connectivity index (χ1v) is 10.9. The first-order chi connectivity index (χ1) is 15.1. The minimum atomic E-state index is -0.257. The summed E-state index contributed by atoms with van der Waals surface area (Å²) in [5.41, 5.74) is 2.66. The van der Waals surface area contributed by atoms with E-state index in [-0.39, 0.29) is 17.9 Å². The SMILES string of the molecule is C[C@H](C(=O)Nc1ccc(N2CCOCC2)cc1)N1CCN(C(=O)c2ccccc2)CC1. The number of nitrogens with one attached hydrogen (secondary N) is 1. The van der Waals surface area contributed by atoms with Crippen LogP contribution in [0.1, 0.15) is 17.3 Å². The molecule has 2 aliphatic rings. The van der Waals surface area contributed by atoms with Crippen molar-refractivity contribution in [3.8, 4) is 0 Å². The zero-order valence-electron chi connectivity index (χ0n) is 18.0. The molecule has 0 aliphatic carbocycles. The van der Waals surface area contributed by atoms with Crippen molar-refractivity contribution in [3.05, 3.63) is 60.2 Å². The molecule has 7 nitrogen and oxygen atoms in total. The molecule has 0 spiro atoms. The van der Waals surface area contributed by atoms with Gasteiger partial charge in [0.05, 0.1) is 19.3 Å². The summed E-state index contributed by atoms with van der Waals surface area (Å²) in [5, 5.41) is 3.02.